The summed E-state index contributed by atoms with van der Waals surface area (Å²) >= 11 is 0. The average molecular weight is 523 g/mol. The number of hydrogen-bond donors (Lipinski definition) is 2. The molecular formula is C31H39O5P. The number of unbranched alkanes of at least 4 members (excludes halogenated alkanes) is 7. The molecule has 5 nitrogen and oxygen atoms in total. The van der Waals surface area contributed by atoms with Crippen molar-refractivity contribution in [1.82, 2.24) is 0 Å². The highest BCUT2D eigenvalue weighted by atomic mass is 31.2. The van der Waals surface area contributed by atoms with Crippen LogP contribution < -0.4 is 9.47 Å². The number of benzene rings is 3. The van der Waals surface area contributed by atoms with Crippen molar-refractivity contribution in [2.24, 2.45) is 0 Å². The molecule has 6 heteroatoms. The van der Waals surface area contributed by atoms with Crippen LogP contribution in [0, 0.1) is 0 Å². The molecule has 0 saturated carbocycles. The van der Waals surface area contributed by atoms with Gasteiger partial charge in [0.2, 0.25) is 0 Å². The Bertz CT molecular complexity index is 1120. The Morgan fingerprint density at radius 1 is 0.703 bits per heavy atom. The van der Waals surface area contributed by atoms with Gasteiger partial charge in [0.15, 0.2) is 0 Å². The number of rotatable bonds is 17. The van der Waals surface area contributed by atoms with E-state index in [4.69, 9.17) is 19.3 Å². The Morgan fingerprint density at radius 2 is 1.30 bits per heavy atom. The Hall–Kier alpha value is -2.85. The van der Waals surface area contributed by atoms with Crippen molar-refractivity contribution >= 4 is 13.7 Å². The van der Waals surface area contributed by atoms with E-state index in [-0.39, 0.29) is 6.16 Å². The highest BCUT2D eigenvalue weighted by Gasteiger charge is 2.14. The van der Waals surface area contributed by atoms with E-state index in [1.165, 1.54) is 0 Å². The normalized spacial score (nSPS) is 11.3. The minimum absolute atomic E-state index is 0.00434. The summed E-state index contributed by atoms with van der Waals surface area (Å²) < 4.78 is 23.4. The van der Waals surface area contributed by atoms with Crippen molar-refractivity contribution in [2.75, 3.05) is 12.8 Å². The third kappa shape index (κ3) is 10.6. The molecule has 3 aromatic carbocycles. The molecule has 0 aliphatic carbocycles. The van der Waals surface area contributed by atoms with Crippen molar-refractivity contribution in [2.45, 2.75) is 58.0 Å². The molecule has 0 bridgehead atoms. The quantitative estimate of drug-likeness (QED) is 0.138. The maximum Gasteiger partial charge on any atom is 0.325 e. The Balaban J connectivity index is 1.49. The molecule has 3 rings (SSSR count). The first-order chi connectivity index (χ1) is 18.0. The molecule has 0 saturated heterocycles. The van der Waals surface area contributed by atoms with Gasteiger partial charge in [-0.25, -0.2) is 0 Å². The van der Waals surface area contributed by atoms with E-state index in [1.807, 2.05) is 54.6 Å². The molecule has 0 fully saturated rings. The number of ether oxygens (including phenoxy) is 2. The van der Waals surface area contributed by atoms with Crippen LogP contribution in [-0.4, -0.2) is 22.6 Å². The highest BCUT2D eigenvalue weighted by Crippen LogP contribution is 2.39. The molecule has 0 aliphatic heterocycles. The van der Waals surface area contributed by atoms with E-state index in [9.17, 15) is 4.57 Å². The van der Waals surface area contributed by atoms with Gasteiger partial charge in [-0.1, -0.05) is 112 Å². The molecule has 37 heavy (non-hydrogen) atoms. The smallest absolute Gasteiger partial charge is 0.325 e. The topological polar surface area (TPSA) is 76.0 Å². The molecule has 0 aromatic heterocycles. The van der Waals surface area contributed by atoms with Gasteiger partial charge in [0.1, 0.15) is 18.1 Å². The Labute approximate surface area is 221 Å². The zero-order valence-electron chi connectivity index (χ0n) is 21.6. The van der Waals surface area contributed by atoms with Crippen LogP contribution in [0.4, 0.5) is 0 Å². The summed E-state index contributed by atoms with van der Waals surface area (Å²) in [5, 5.41) is 0. The SMILES string of the molecule is C=Cc1ccc(COc2cccc(OCCCCCCCCCCP(=O)(O)O)c2-c2ccccc2)cc1. The third-order valence-corrected chi connectivity index (χ3v) is 7.16. The molecule has 0 heterocycles. The van der Waals surface area contributed by atoms with Gasteiger partial charge < -0.3 is 19.3 Å². The van der Waals surface area contributed by atoms with Gasteiger partial charge in [-0.2, -0.15) is 0 Å². The van der Waals surface area contributed by atoms with Gasteiger partial charge in [-0.05, 0) is 41.7 Å². The maximum atomic E-state index is 10.9. The fraction of sp³-hybridized carbons (Fsp3) is 0.355. The fourth-order valence-electron chi connectivity index (χ4n) is 4.21. The zero-order valence-corrected chi connectivity index (χ0v) is 22.5. The summed E-state index contributed by atoms with van der Waals surface area (Å²) in [7, 11) is -3.84. The van der Waals surface area contributed by atoms with Gasteiger partial charge in [-0.3, -0.25) is 4.57 Å². The fourth-order valence-corrected chi connectivity index (χ4v) is 4.85. The molecule has 0 amide bonds. The van der Waals surface area contributed by atoms with E-state index in [2.05, 4.69) is 30.8 Å². The average Bonchev–Trinajstić information content (AvgIpc) is 2.90. The summed E-state index contributed by atoms with van der Waals surface area (Å²) in [5.41, 5.74) is 4.22. The molecule has 198 valence electrons. The summed E-state index contributed by atoms with van der Waals surface area (Å²) in [5.74, 6) is 1.63. The van der Waals surface area contributed by atoms with Gasteiger partial charge in [0, 0.05) is 6.16 Å². The van der Waals surface area contributed by atoms with Crippen molar-refractivity contribution in [3.8, 4) is 22.6 Å². The van der Waals surface area contributed by atoms with Crippen molar-refractivity contribution in [3.05, 3.63) is 90.5 Å². The van der Waals surface area contributed by atoms with E-state index in [0.29, 0.717) is 19.6 Å². The number of hydrogen-bond acceptors (Lipinski definition) is 3. The summed E-state index contributed by atoms with van der Waals surface area (Å²) in [6.45, 7) is 4.93. The largest absolute Gasteiger partial charge is 0.493 e. The van der Waals surface area contributed by atoms with E-state index in [0.717, 1.165) is 78.7 Å². The summed E-state index contributed by atoms with van der Waals surface area (Å²) in [6.07, 6.45) is 9.82. The van der Waals surface area contributed by atoms with Crippen LogP contribution in [0.25, 0.3) is 17.2 Å². The second kappa shape index (κ2) is 15.4. The molecule has 0 radical (unpaired) electrons. The van der Waals surface area contributed by atoms with Gasteiger partial charge in [-0.15, -0.1) is 0 Å². The second-order valence-corrected chi connectivity index (χ2v) is 11.1. The lowest BCUT2D eigenvalue weighted by Gasteiger charge is -2.17. The molecule has 2 N–H and O–H groups in total. The lowest BCUT2D eigenvalue weighted by Crippen LogP contribution is -2.02. The lowest BCUT2D eigenvalue weighted by molar-refractivity contribution is 0.292. The summed E-state index contributed by atoms with van der Waals surface area (Å²) in [4.78, 5) is 17.8. The van der Waals surface area contributed by atoms with Crippen LogP contribution in [0.3, 0.4) is 0 Å². The van der Waals surface area contributed by atoms with E-state index < -0.39 is 7.60 Å². The minimum atomic E-state index is -3.84. The van der Waals surface area contributed by atoms with Crippen LogP contribution >= 0.6 is 7.60 Å². The first kappa shape index (κ1) is 28.7. The first-order valence-electron chi connectivity index (χ1n) is 13.2. The predicted octanol–water partition coefficient (Wildman–Crippen LogP) is 8.25. The van der Waals surface area contributed by atoms with Gasteiger partial charge in [0.25, 0.3) is 0 Å². The Kier molecular flexibility index (Phi) is 12.0. The predicted molar refractivity (Wildman–Crippen MR) is 152 cm³/mol. The monoisotopic (exact) mass is 522 g/mol. The van der Waals surface area contributed by atoms with Crippen LogP contribution in [0.2, 0.25) is 0 Å². The molecule has 3 aromatic rings. The maximum absolute atomic E-state index is 10.9. The van der Waals surface area contributed by atoms with E-state index in [1.54, 1.807) is 0 Å². The molecule has 0 aliphatic rings. The second-order valence-electron chi connectivity index (χ2n) is 9.29. The summed E-state index contributed by atoms with van der Waals surface area (Å²) in [6, 6.07) is 24.4. The van der Waals surface area contributed by atoms with Crippen molar-refractivity contribution in [3.63, 3.8) is 0 Å². The molecule has 0 unspecified atom stereocenters. The molecular weight excluding hydrogens is 483 g/mol. The highest BCUT2D eigenvalue weighted by molar-refractivity contribution is 7.51. The van der Waals surface area contributed by atoms with Crippen LogP contribution in [0.5, 0.6) is 11.5 Å². The minimum Gasteiger partial charge on any atom is -0.493 e. The van der Waals surface area contributed by atoms with Gasteiger partial charge in [0.05, 0.1) is 12.2 Å². The van der Waals surface area contributed by atoms with Crippen molar-refractivity contribution in [1.29, 1.82) is 0 Å². The zero-order chi connectivity index (χ0) is 26.3. The third-order valence-electron chi connectivity index (χ3n) is 6.26. The molecule has 0 spiro atoms. The first-order valence-corrected chi connectivity index (χ1v) is 15.0. The van der Waals surface area contributed by atoms with Crippen LogP contribution in [0.1, 0.15) is 62.5 Å². The molecule has 0 atom stereocenters. The lowest BCUT2D eigenvalue weighted by atomic mass is 10.0. The van der Waals surface area contributed by atoms with Crippen LogP contribution in [-0.2, 0) is 11.2 Å². The van der Waals surface area contributed by atoms with Crippen molar-refractivity contribution < 1.29 is 23.8 Å². The van der Waals surface area contributed by atoms with Gasteiger partial charge >= 0.3 is 7.60 Å². The van der Waals surface area contributed by atoms with Crippen LogP contribution in [0.15, 0.2) is 79.4 Å². The van der Waals surface area contributed by atoms with E-state index >= 15 is 0 Å². The standard InChI is InChI=1S/C31H39O5P/c1-2-26-19-21-27(22-20-26)25-36-30-18-14-17-29(31(30)28-15-10-9-11-16-28)35-23-12-7-5-3-4-6-8-13-24-37(32,33)34/h2,9-11,14-22H,1,3-8,12-13,23-25H2,(H2,32,33,34). The Morgan fingerprint density at radius 3 is 1.92 bits per heavy atom.